The molecule has 1 aliphatic heterocycles. The standard InChI is InChI=1S/C14H19N5O2S/c1-11-14-15-9-12(10-17-6-2-5-16-17)18(14)7-8-19(11)22(20,21)13-3-4-13/h2,5-6,9,11,13H,3-4,7-8,10H2,1H3/t11-/m0/s1. The maximum atomic E-state index is 12.5. The monoisotopic (exact) mass is 321 g/mol. The van der Waals surface area contributed by atoms with Crippen LogP contribution in [0.4, 0.5) is 0 Å². The van der Waals surface area contributed by atoms with E-state index in [-0.39, 0.29) is 11.3 Å². The molecule has 22 heavy (non-hydrogen) atoms. The second-order valence-corrected chi connectivity index (χ2v) is 8.16. The van der Waals surface area contributed by atoms with E-state index in [4.69, 9.17) is 0 Å². The zero-order valence-electron chi connectivity index (χ0n) is 12.5. The van der Waals surface area contributed by atoms with Crippen molar-refractivity contribution < 1.29 is 8.42 Å². The van der Waals surface area contributed by atoms with Crippen molar-refractivity contribution in [1.82, 2.24) is 23.6 Å². The Morgan fingerprint density at radius 1 is 1.32 bits per heavy atom. The third kappa shape index (κ3) is 2.17. The van der Waals surface area contributed by atoms with Gasteiger partial charge in [0.05, 0.1) is 29.7 Å². The Morgan fingerprint density at radius 2 is 2.14 bits per heavy atom. The lowest BCUT2D eigenvalue weighted by Gasteiger charge is -2.33. The molecular weight excluding hydrogens is 302 g/mol. The molecule has 2 aromatic heterocycles. The Balaban J connectivity index is 1.62. The van der Waals surface area contributed by atoms with Crippen LogP contribution in [-0.2, 0) is 23.1 Å². The highest BCUT2D eigenvalue weighted by Crippen LogP contribution is 2.36. The average Bonchev–Trinajstić information content (AvgIpc) is 3.10. The molecule has 1 atom stereocenters. The summed E-state index contributed by atoms with van der Waals surface area (Å²) in [4.78, 5) is 4.48. The first-order chi connectivity index (χ1) is 10.6. The Hall–Kier alpha value is -1.67. The fourth-order valence-corrected chi connectivity index (χ4v) is 5.12. The predicted octanol–water partition coefficient (Wildman–Crippen LogP) is 0.997. The third-order valence-corrected chi connectivity index (χ3v) is 6.94. The highest BCUT2D eigenvalue weighted by molar-refractivity contribution is 7.90. The molecule has 0 unspecified atom stereocenters. The summed E-state index contributed by atoms with van der Waals surface area (Å²) in [6, 6.07) is 1.69. The largest absolute Gasteiger partial charge is 0.328 e. The van der Waals surface area contributed by atoms with Gasteiger partial charge < -0.3 is 4.57 Å². The molecule has 1 fully saturated rings. The van der Waals surface area contributed by atoms with Crippen molar-refractivity contribution in [2.45, 2.75) is 44.1 Å². The quantitative estimate of drug-likeness (QED) is 0.842. The Bertz CT molecular complexity index is 776. The van der Waals surface area contributed by atoms with Crippen LogP contribution in [0.25, 0.3) is 0 Å². The predicted molar refractivity (Wildman–Crippen MR) is 80.6 cm³/mol. The lowest BCUT2D eigenvalue weighted by Crippen LogP contribution is -2.43. The van der Waals surface area contributed by atoms with Crippen molar-refractivity contribution >= 4 is 10.0 Å². The van der Waals surface area contributed by atoms with Crippen LogP contribution in [0.3, 0.4) is 0 Å². The topological polar surface area (TPSA) is 73.0 Å². The van der Waals surface area contributed by atoms with Crippen LogP contribution in [0.5, 0.6) is 0 Å². The van der Waals surface area contributed by atoms with Crippen LogP contribution in [0.2, 0.25) is 0 Å². The third-order valence-electron chi connectivity index (χ3n) is 4.47. The molecule has 1 aliphatic carbocycles. The molecule has 1 saturated carbocycles. The van der Waals surface area contributed by atoms with E-state index in [0.29, 0.717) is 19.6 Å². The first kappa shape index (κ1) is 14.0. The van der Waals surface area contributed by atoms with Crippen LogP contribution >= 0.6 is 0 Å². The second kappa shape index (κ2) is 4.92. The smallest absolute Gasteiger partial charge is 0.217 e. The molecule has 0 aromatic carbocycles. The molecule has 0 spiro atoms. The number of aromatic nitrogens is 4. The molecule has 7 nitrogen and oxygen atoms in total. The fourth-order valence-electron chi connectivity index (χ4n) is 3.13. The van der Waals surface area contributed by atoms with Gasteiger partial charge >= 0.3 is 0 Å². The van der Waals surface area contributed by atoms with Crippen LogP contribution in [0, 0.1) is 0 Å². The Labute approximate surface area is 129 Å². The minimum Gasteiger partial charge on any atom is -0.328 e. The molecule has 118 valence electrons. The fraction of sp³-hybridized carbons (Fsp3) is 0.571. The second-order valence-electron chi connectivity index (χ2n) is 5.99. The van der Waals surface area contributed by atoms with Crippen LogP contribution < -0.4 is 0 Å². The molecule has 8 heteroatoms. The van der Waals surface area contributed by atoms with Crippen LogP contribution in [-0.4, -0.2) is 43.8 Å². The van der Waals surface area contributed by atoms with E-state index in [1.165, 1.54) is 0 Å². The number of hydrogen-bond acceptors (Lipinski definition) is 4. The summed E-state index contributed by atoms with van der Waals surface area (Å²) >= 11 is 0. The number of rotatable bonds is 4. The Morgan fingerprint density at radius 3 is 2.82 bits per heavy atom. The highest BCUT2D eigenvalue weighted by atomic mass is 32.2. The number of nitrogens with zero attached hydrogens (tertiary/aromatic N) is 5. The molecule has 4 rings (SSSR count). The van der Waals surface area contributed by atoms with Crippen LogP contribution in [0.1, 0.15) is 37.3 Å². The summed E-state index contributed by atoms with van der Waals surface area (Å²) < 4.78 is 30.6. The summed E-state index contributed by atoms with van der Waals surface area (Å²) in [5.74, 6) is 0.831. The van der Waals surface area contributed by atoms with Crippen molar-refractivity contribution in [1.29, 1.82) is 0 Å². The van der Waals surface area contributed by atoms with Gasteiger partial charge in [0.15, 0.2) is 0 Å². The van der Waals surface area contributed by atoms with E-state index in [2.05, 4.69) is 14.6 Å². The molecule has 0 bridgehead atoms. The minimum atomic E-state index is -3.16. The SMILES string of the molecule is C[C@H]1c2ncc(Cn3cccn3)n2CCN1S(=O)(=O)C1CC1. The molecule has 0 amide bonds. The van der Waals surface area contributed by atoms with Crippen molar-refractivity contribution in [3.8, 4) is 0 Å². The summed E-state index contributed by atoms with van der Waals surface area (Å²) in [5.41, 5.74) is 1.06. The Kier molecular flexibility index (Phi) is 3.12. The van der Waals surface area contributed by atoms with E-state index < -0.39 is 10.0 Å². The van der Waals surface area contributed by atoms with Gasteiger partial charge in [-0.05, 0) is 25.8 Å². The lowest BCUT2D eigenvalue weighted by molar-refractivity contribution is 0.272. The summed E-state index contributed by atoms with van der Waals surface area (Å²) in [5, 5.41) is 4.05. The molecule has 2 aromatic rings. The van der Waals surface area contributed by atoms with Gasteiger partial charge in [-0.25, -0.2) is 13.4 Å². The van der Waals surface area contributed by atoms with E-state index >= 15 is 0 Å². The van der Waals surface area contributed by atoms with Gasteiger partial charge in [0.1, 0.15) is 5.82 Å². The van der Waals surface area contributed by atoms with E-state index in [9.17, 15) is 8.42 Å². The van der Waals surface area contributed by atoms with Gasteiger partial charge in [-0.3, -0.25) is 4.68 Å². The van der Waals surface area contributed by atoms with E-state index in [1.807, 2.05) is 30.1 Å². The van der Waals surface area contributed by atoms with Crippen molar-refractivity contribution in [2.24, 2.45) is 0 Å². The minimum absolute atomic E-state index is 0.167. The van der Waals surface area contributed by atoms with Gasteiger partial charge in [0.25, 0.3) is 0 Å². The van der Waals surface area contributed by atoms with Gasteiger partial charge in [0, 0.05) is 25.5 Å². The normalized spacial score (nSPS) is 22.7. The first-order valence-corrected chi connectivity index (χ1v) is 9.10. The summed E-state index contributed by atoms with van der Waals surface area (Å²) in [7, 11) is -3.16. The highest BCUT2D eigenvalue weighted by Gasteiger charge is 2.44. The van der Waals surface area contributed by atoms with E-state index in [1.54, 1.807) is 10.5 Å². The number of fused-ring (bicyclic) bond motifs is 1. The molecule has 2 aliphatic rings. The van der Waals surface area contributed by atoms with Crippen molar-refractivity contribution in [3.05, 3.63) is 36.2 Å². The zero-order chi connectivity index (χ0) is 15.3. The van der Waals surface area contributed by atoms with Crippen molar-refractivity contribution in [3.63, 3.8) is 0 Å². The molecule has 0 radical (unpaired) electrons. The molecule has 3 heterocycles. The number of imidazole rings is 1. The maximum absolute atomic E-state index is 12.5. The average molecular weight is 321 g/mol. The van der Waals surface area contributed by atoms with Gasteiger partial charge in [-0.1, -0.05) is 0 Å². The lowest BCUT2D eigenvalue weighted by atomic mass is 10.2. The maximum Gasteiger partial charge on any atom is 0.217 e. The van der Waals surface area contributed by atoms with Crippen molar-refractivity contribution in [2.75, 3.05) is 6.54 Å². The molecular formula is C14H19N5O2S. The van der Waals surface area contributed by atoms with Crippen LogP contribution in [0.15, 0.2) is 24.7 Å². The first-order valence-electron chi connectivity index (χ1n) is 7.60. The van der Waals surface area contributed by atoms with Gasteiger partial charge in [-0.15, -0.1) is 0 Å². The van der Waals surface area contributed by atoms with Gasteiger partial charge in [-0.2, -0.15) is 9.40 Å². The molecule has 0 N–H and O–H groups in total. The zero-order valence-corrected chi connectivity index (χ0v) is 13.3. The number of hydrogen-bond donors (Lipinski definition) is 0. The van der Waals surface area contributed by atoms with Gasteiger partial charge in [0.2, 0.25) is 10.0 Å². The van der Waals surface area contributed by atoms with E-state index in [0.717, 1.165) is 24.4 Å². The summed E-state index contributed by atoms with van der Waals surface area (Å²) in [6.45, 7) is 3.76. The molecule has 0 saturated heterocycles. The summed E-state index contributed by atoms with van der Waals surface area (Å²) in [6.07, 6.45) is 7.09. The number of sulfonamides is 1.